The Morgan fingerprint density at radius 3 is 2.80 bits per heavy atom. The number of para-hydroxylation sites is 2. The van der Waals surface area contributed by atoms with E-state index in [-0.39, 0.29) is 23.5 Å². The third-order valence-electron chi connectivity index (χ3n) is 4.16. The van der Waals surface area contributed by atoms with Crippen molar-refractivity contribution < 1.29 is 24.2 Å². The van der Waals surface area contributed by atoms with Crippen LogP contribution >= 0.6 is 0 Å². The molecule has 2 N–H and O–H groups in total. The largest absolute Gasteiger partial charge is 0.478 e. The van der Waals surface area contributed by atoms with Crippen molar-refractivity contribution >= 4 is 29.2 Å². The molecule has 1 heterocycles. The van der Waals surface area contributed by atoms with Crippen molar-refractivity contribution in [2.24, 2.45) is 0 Å². The molecular formula is C18H16N2O5. The molecule has 0 bridgehead atoms. The van der Waals surface area contributed by atoms with E-state index in [0.29, 0.717) is 17.9 Å². The molecule has 3 rings (SSSR count). The predicted octanol–water partition coefficient (Wildman–Crippen LogP) is 1.52. The van der Waals surface area contributed by atoms with E-state index >= 15 is 0 Å². The van der Waals surface area contributed by atoms with Gasteiger partial charge in [0.15, 0.2) is 0 Å². The molecule has 0 spiro atoms. The van der Waals surface area contributed by atoms with E-state index in [1.165, 1.54) is 13.2 Å². The number of carboxylic acid groups (broad SMARTS) is 1. The molecule has 1 amide bonds. The second-order valence-electron chi connectivity index (χ2n) is 5.58. The minimum absolute atomic E-state index is 0.0399. The number of fused-ring (bicyclic) bond motifs is 1. The number of amides is 1. The van der Waals surface area contributed by atoms with Crippen LogP contribution in [-0.2, 0) is 19.1 Å². The number of rotatable bonds is 3. The highest BCUT2D eigenvalue weighted by molar-refractivity contribution is 5.98. The van der Waals surface area contributed by atoms with Crippen LogP contribution in [-0.4, -0.2) is 42.7 Å². The van der Waals surface area contributed by atoms with E-state index in [9.17, 15) is 19.5 Å². The summed E-state index contributed by atoms with van der Waals surface area (Å²) in [4.78, 5) is 36.7. The number of methoxy groups -OCH3 is 1. The van der Waals surface area contributed by atoms with Gasteiger partial charge in [-0.2, -0.15) is 0 Å². The summed E-state index contributed by atoms with van der Waals surface area (Å²) in [6, 6.07) is 7.21. The van der Waals surface area contributed by atoms with E-state index in [0.717, 1.165) is 5.69 Å². The lowest BCUT2D eigenvalue weighted by atomic mass is 9.93. The summed E-state index contributed by atoms with van der Waals surface area (Å²) in [7, 11) is 1.34. The topological polar surface area (TPSA) is 95.9 Å². The smallest absolute Gasteiger partial charge is 0.334 e. The highest BCUT2D eigenvalue weighted by Crippen LogP contribution is 2.36. The molecule has 128 valence electrons. The first-order valence-electron chi connectivity index (χ1n) is 7.66. The molecule has 1 aliphatic heterocycles. The zero-order valence-electron chi connectivity index (χ0n) is 13.5. The highest BCUT2D eigenvalue weighted by atomic mass is 16.5. The number of carbonyl (C=O) groups excluding carboxylic acids is 2. The van der Waals surface area contributed by atoms with Crippen LogP contribution in [0.5, 0.6) is 0 Å². The summed E-state index contributed by atoms with van der Waals surface area (Å²) in [5.41, 5.74) is 1.86. The fourth-order valence-corrected chi connectivity index (χ4v) is 3.02. The number of benzene rings is 1. The molecule has 0 aromatic heterocycles. The standard InChI is InChI=1S/C18H16N2O5/c1-25-17-11(18(23)24)6-7-14(12(17)10-21)20-9-8-16(22)19-13-4-2-3-5-15(13)20/h2-7,17H,8-9H2,1H3,(H,19,22)(H,23,24). The van der Waals surface area contributed by atoms with Crippen molar-refractivity contribution in [3.63, 3.8) is 0 Å². The molecule has 1 aliphatic carbocycles. The maximum absolute atomic E-state index is 11.9. The average molecular weight is 340 g/mol. The second kappa shape index (κ2) is 6.76. The van der Waals surface area contributed by atoms with Crippen LogP contribution in [0.3, 0.4) is 0 Å². The Bertz CT molecular complexity index is 849. The molecule has 25 heavy (non-hydrogen) atoms. The van der Waals surface area contributed by atoms with Gasteiger partial charge in [0.05, 0.1) is 28.2 Å². The zero-order chi connectivity index (χ0) is 18.0. The lowest BCUT2D eigenvalue weighted by Gasteiger charge is -2.31. The van der Waals surface area contributed by atoms with Gasteiger partial charge < -0.3 is 20.1 Å². The van der Waals surface area contributed by atoms with E-state index in [1.807, 2.05) is 18.1 Å². The summed E-state index contributed by atoms with van der Waals surface area (Å²) in [6.45, 7) is 0.340. The molecule has 1 aromatic carbocycles. The van der Waals surface area contributed by atoms with Crippen LogP contribution in [0.4, 0.5) is 11.4 Å². The third kappa shape index (κ3) is 2.98. The van der Waals surface area contributed by atoms with E-state index < -0.39 is 12.1 Å². The molecule has 0 fully saturated rings. The minimum atomic E-state index is -1.16. The summed E-state index contributed by atoms with van der Waals surface area (Å²) in [5.74, 6) is 0.526. The van der Waals surface area contributed by atoms with Crippen molar-refractivity contribution in [3.05, 3.63) is 53.3 Å². The Morgan fingerprint density at radius 1 is 1.36 bits per heavy atom. The van der Waals surface area contributed by atoms with Crippen LogP contribution in [0, 0.1) is 0 Å². The SMILES string of the molecule is COC1C(=C=O)C(N2CCC(=O)Nc3ccccc32)=CC=C1C(=O)O. The average Bonchev–Trinajstić information content (AvgIpc) is 2.78. The lowest BCUT2D eigenvalue weighted by molar-refractivity contribution is -0.133. The Kier molecular flexibility index (Phi) is 4.52. The van der Waals surface area contributed by atoms with Gasteiger partial charge in [-0.25, -0.2) is 9.59 Å². The fraction of sp³-hybridized carbons (Fsp3) is 0.222. The monoisotopic (exact) mass is 340 g/mol. The van der Waals surface area contributed by atoms with Gasteiger partial charge in [-0.05, 0) is 24.3 Å². The molecule has 0 saturated heterocycles. The van der Waals surface area contributed by atoms with Crippen molar-refractivity contribution in [2.75, 3.05) is 23.9 Å². The lowest BCUT2D eigenvalue weighted by Crippen LogP contribution is -2.33. The minimum Gasteiger partial charge on any atom is -0.478 e. The van der Waals surface area contributed by atoms with E-state index in [4.69, 9.17) is 4.74 Å². The zero-order valence-corrected chi connectivity index (χ0v) is 13.5. The maximum atomic E-state index is 11.9. The quantitative estimate of drug-likeness (QED) is 0.810. The number of nitrogens with zero attached hydrogens (tertiary/aromatic N) is 1. The number of carbonyl (C=O) groups is 2. The predicted molar refractivity (Wildman–Crippen MR) is 90.8 cm³/mol. The first kappa shape index (κ1) is 16.7. The van der Waals surface area contributed by atoms with Gasteiger partial charge in [0.2, 0.25) is 5.91 Å². The van der Waals surface area contributed by atoms with Crippen LogP contribution in [0.25, 0.3) is 0 Å². The Balaban J connectivity index is 2.13. The molecular weight excluding hydrogens is 324 g/mol. The number of ether oxygens (including phenoxy) is 1. The molecule has 1 atom stereocenters. The van der Waals surface area contributed by atoms with Gasteiger partial charge in [-0.3, -0.25) is 4.79 Å². The van der Waals surface area contributed by atoms with Gasteiger partial charge in [-0.1, -0.05) is 12.1 Å². The van der Waals surface area contributed by atoms with Crippen molar-refractivity contribution in [1.29, 1.82) is 0 Å². The van der Waals surface area contributed by atoms with Crippen LogP contribution in [0.2, 0.25) is 0 Å². The third-order valence-corrected chi connectivity index (χ3v) is 4.16. The number of nitrogens with one attached hydrogen (secondary N) is 1. The van der Waals surface area contributed by atoms with Crippen molar-refractivity contribution in [2.45, 2.75) is 12.5 Å². The summed E-state index contributed by atoms with van der Waals surface area (Å²) in [5, 5.41) is 12.1. The number of carboxylic acids is 1. The number of allylic oxidation sites excluding steroid dienone is 2. The number of aliphatic carboxylic acids is 1. The van der Waals surface area contributed by atoms with Gasteiger partial charge in [-0.15, -0.1) is 0 Å². The maximum Gasteiger partial charge on any atom is 0.334 e. The first-order valence-corrected chi connectivity index (χ1v) is 7.66. The molecule has 1 aromatic rings. The molecule has 0 saturated carbocycles. The summed E-state index contributed by atoms with van der Waals surface area (Å²) < 4.78 is 5.23. The van der Waals surface area contributed by atoms with E-state index in [1.54, 1.807) is 23.1 Å². The number of anilines is 2. The van der Waals surface area contributed by atoms with Gasteiger partial charge in [0.1, 0.15) is 12.0 Å². The van der Waals surface area contributed by atoms with Gasteiger partial charge in [0, 0.05) is 20.1 Å². The fourth-order valence-electron chi connectivity index (χ4n) is 3.02. The summed E-state index contributed by atoms with van der Waals surface area (Å²) >= 11 is 0. The summed E-state index contributed by atoms with van der Waals surface area (Å²) in [6.07, 6.45) is 2.17. The Labute approximate surface area is 143 Å². The van der Waals surface area contributed by atoms with Crippen LogP contribution < -0.4 is 10.2 Å². The Morgan fingerprint density at radius 2 is 2.12 bits per heavy atom. The van der Waals surface area contributed by atoms with Crippen molar-refractivity contribution in [3.8, 4) is 0 Å². The van der Waals surface area contributed by atoms with Crippen molar-refractivity contribution in [1.82, 2.24) is 0 Å². The van der Waals surface area contributed by atoms with Gasteiger partial charge >= 0.3 is 5.97 Å². The molecule has 2 aliphatic rings. The highest BCUT2D eigenvalue weighted by Gasteiger charge is 2.34. The van der Waals surface area contributed by atoms with E-state index in [2.05, 4.69) is 5.32 Å². The first-order chi connectivity index (χ1) is 12.1. The molecule has 0 radical (unpaired) electrons. The van der Waals surface area contributed by atoms with Crippen LogP contribution in [0.1, 0.15) is 6.42 Å². The molecule has 7 heteroatoms. The molecule has 7 nitrogen and oxygen atoms in total. The number of hydrogen-bond donors (Lipinski definition) is 2. The second-order valence-corrected chi connectivity index (χ2v) is 5.58. The van der Waals surface area contributed by atoms with Crippen LogP contribution in [0.15, 0.2) is 53.3 Å². The molecule has 1 unspecified atom stereocenters. The Hall–Kier alpha value is -3.15. The number of hydrogen-bond acceptors (Lipinski definition) is 5. The van der Waals surface area contributed by atoms with Gasteiger partial charge in [0.25, 0.3) is 0 Å². The normalized spacial score (nSPS) is 19.9.